The predicted octanol–water partition coefficient (Wildman–Crippen LogP) is 1.17. The van der Waals surface area contributed by atoms with E-state index in [1.54, 1.807) is 7.11 Å². The predicted molar refractivity (Wildman–Crippen MR) is 52.6 cm³/mol. The molecule has 1 aliphatic heterocycles. The van der Waals surface area contributed by atoms with Crippen LogP contribution in [0, 0.1) is 5.41 Å². The molecule has 0 aliphatic carbocycles. The third-order valence-electron chi connectivity index (χ3n) is 2.79. The van der Waals surface area contributed by atoms with Gasteiger partial charge in [0.2, 0.25) is 0 Å². The summed E-state index contributed by atoms with van der Waals surface area (Å²) in [6.07, 6.45) is 2.65. The summed E-state index contributed by atoms with van der Waals surface area (Å²) < 4.78 is 10.9. The molecule has 0 aromatic heterocycles. The van der Waals surface area contributed by atoms with Gasteiger partial charge in [0.15, 0.2) is 0 Å². The summed E-state index contributed by atoms with van der Waals surface area (Å²) in [6.45, 7) is 5.66. The maximum atomic E-state index is 5.81. The molecule has 1 saturated heterocycles. The Balaban J connectivity index is 2.62. The second-order valence-electron chi connectivity index (χ2n) is 4.30. The zero-order chi connectivity index (χ0) is 9.90. The van der Waals surface area contributed by atoms with E-state index in [-0.39, 0.29) is 5.41 Å². The maximum Gasteiger partial charge on any atom is 0.0557 e. The van der Waals surface area contributed by atoms with Crippen molar-refractivity contribution in [1.82, 2.24) is 0 Å². The molecule has 0 spiro atoms. The van der Waals surface area contributed by atoms with Crippen LogP contribution in [-0.2, 0) is 9.47 Å². The molecule has 3 heteroatoms. The van der Waals surface area contributed by atoms with Crippen LogP contribution in [0.3, 0.4) is 0 Å². The second-order valence-corrected chi connectivity index (χ2v) is 4.30. The Labute approximate surface area is 80.6 Å². The van der Waals surface area contributed by atoms with Crippen LogP contribution in [-0.4, -0.2) is 32.5 Å². The molecule has 1 fully saturated rings. The molecule has 78 valence electrons. The zero-order valence-electron chi connectivity index (χ0n) is 8.88. The van der Waals surface area contributed by atoms with Gasteiger partial charge in [0.25, 0.3) is 0 Å². The van der Waals surface area contributed by atoms with Crippen molar-refractivity contribution >= 4 is 0 Å². The van der Waals surface area contributed by atoms with Gasteiger partial charge in [-0.05, 0) is 26.7 Å². The van der Waals surface area contributed by atoms with E-state index in [2.05, 4.69) is 13.8 Å². The number of hydrogen-bond acceptors (Lipinski definition) is 3. The molecule has 0 radical (unpaired) electrons. The van der Waals surface area contributed by atoms with Crippen LogP contribution in [0.2, 0.25) is 0 Å². The lowest BCUT2D eigenvalue weighted by atomic mass is 9.76. The summed E-state index contributed by atoms with van der Waals surface area (Å²) in [7, 11) is 1.74. The third kappa shape index (κ3) is 2.66. The highest BCUT2D eigenvalue weighted by Crippen LogP contribution is 2.35. The van der Waals surface area contributed by atoms with Crippen LogP contribution in [0.25, 0.3) is 0 Å². The maximum absolute atomic E-state index is 5.81. The molecule has 3 nitrogen and oxygen atoms in total. The fraction of sp³-hybridized carbons (Fsp3) is 1.00. The fourth-order valence-corrected chi connectivity index (χ4v) is 2.45. The van der Waals surface area contributed by atoms with Crippen LogP contribution in [0.15, 0.2) is 0 Å². The Morgan fingerprint density at radius 1 is 1.38 bits per heavy atom. The Hall–Kier alpha value is -0.120. The summed E-state index contributed by atoms with van der Waals surface area (Å²) in [6, 6.07) is 0. The van der Waals surface area contributed by atoms with Crippen molar-refractivity contribution in [1.29, 1.82) is 0 Å². The molecule has 0 amide bonds. The van der Waals surface area contributed by atoms with Crippen molar-refractivity contribution in [3.63, 3.8) is 0 Å². The van der Waals surface area contributed by atoms with E-state index in [0.717, 1.165) is 19.4 Å². The van der Waals surface area contributed by atoms with Crippen LogP contribution in [0.5, 0.6) is 0 Å². The van der Waals surface area contributed by atoms with E-state index in [9.17, 15) is 0 Å². The van der Waals surface area contributed by atoms with E-state index in [4.69, 9.17) is 15.2 Å². The molecular weight excluding hydrogens is 166 g/mol. The first-order chi connectivity index (χ1) is 6.12. The molecule has 0 saturated carbocycles. The van der Waals surface area contributed by atoms with Gasteiger partial charge in [0.1, 0.15) is 0 Å². The molecule has 0 aromatic rings. The average Bonchev–Trinajstić information content (AvgIpc) is 2.03. The van der Waals surface area contributed by atoms with E-state index in [0.29, 0.717) is 18.8 Å². The van der Waals surface area contributed by atoms with E-state index >= 15 is 0 Å². The normalized spacial score (nSPS) is 40.6. The van der Waals surface area contributed by atoms with Gasteiger partial charge in [-0.15, -0.1) is 0 Å². The van der Waals surface area contributed by atoms with Gasteiger partial charge < -0.3 is 15.2 Å². The molecule has 1 rings (SSSR count). The number of methoxy groups -OCH3 is 1. The van der Waals surface area contributed by atoms with Gasteiger partial charge in [-0.2, -0.15) is 0 Å². The molecule has 1 heterocycles. The SMILES string of the molecule is COCC1(CN)C[C@@H](C)O[C@@H](C)C1. The molecule has 1 unspecified atom stereocenters. The highest BCUT2D eigenvalue weighted by molar-refractivity contribution is 4.88. The lowest BCUT2D eigenvalue weighted by Gasteiger charge is -2.41. The largest absolute Gasteiger partial charge is 0.384 e. The first-order valence-electron chi connectivity index (χ1n) is 4.96. The molecule has 0 bridgehead atoms. The Kier molecular flexibility index (Phi) is 3.71. The van der Waals surface area contributed by atoms with Crippen molar-refractivity contribution in [3.8, 4) is 0 Å². The monoisotopic (exact) mass is 187 g/mol. The topological polar surface area (TPSA) is 44.5 Å². The van der Waals surface area contributed by atoms with Crippen molar-refractivity contribution in [3.05, 3.63) is 0 Å². The minimum atomic E-state index is 0.145. The van der Waals surface area contributed by atoms with Gasteiger partial charge in [-0.25, -0.2) is 0 Å². The zero-order valence-corrected chi connectivity index (χ0v) is 8.88. The van der Waals surface area contributed by atoms with E-state index in [1.165, 1.54) is 0 Å². The molecule has 13 heavy (non-hydrogen) atoms. The smallest absolute Gasteiger partial charge is 0.0557 e. The van der Waals surface area contributed by atoms with Crippen LogP contribution < -0.4 is 5.73 Å². The summed E-state index contributed by atoms with van der Waals surface area (Å²) >= 11 is 0. The lowest BCUT2D eigenvalue weighted by molar-refractivity contribution is -0.103. The Morgan fingerprint density at radius 2 is 1.92 bits per heavy atom. The summed E-state index contributed by atoms with van der Waals surface area (Å²) in [5, 5.41) is 0. The first-order valence-corrected chi connectivity index (χ1v) is 4.96. The minimum absolute atomic E-state index is 0.145. The van der Waals surface area contributed by atoms with Crippen molar-refractivity contribution in [2.24, 2.45) is 11.1 Å². The summed E-state index contributed by atoms with van der Waals surface area (Å²) in [5.41, 5.74) is 5.96. The summed E-state index contributed by atoms with van der Waals surface area (Å²) in [4.78, 5) is 0. The number of hydrogen-bond donors (Lipinski definition) is 1. The number of ether oxygens (including phenoxy) is 2. The van der Waals surface area contributed by atoms with Crippen molar-refractivity contribution in [2.75, 3.05) is 20.3 Å². The van der Waals surface area contributed by atoms with Crippen LogP contribution >= 0.6 is 0 Å². The number of nitrogens with two attached hydrogens (primary N) is 1. The van der Waals surface area contributed by atoms with Crippen LogP contribution in [0.4, 0.5) is 0 Å². The summed E-state index contributed by atoms with van der Waals surface area (Å²) in [5.74, 6) is 0. The standard InChI is InChI=1S/C10H21NO2/c1-8-4-10(6-11,7-12-3)5-9(2)13-8/h8-9H,4-7,11H2,1-3H3/t8-,9+,10?. The highest BCUT2D eigenvalue weighted by atomic mass is 16.5. The minimum Gasteiger partial charge on any atom is -0.384 e. The van der Waals surface area contributed by atoms with E-state index < -0.39 is 0 Å². The van der Waals surface area contributed by atoms with Gasteiger partial charge in [-0.1, -0.05) is 0 Å². The van der Waals surface area contributed by atoms with Gasteiger partial charge in [0.05, 0.1) is 18.8 Å². The van der Waals surface area contributed by atoms with Gasteiger partial charge in [-0.3, -0.25) is 0 Å². The van der Waals surface area contributed by atoms with Crippen LogP contribution in [0.1, 0.15) is 26.7 Å². The Morgan fingerprint density at radius 3 is 2.31 bits per heavy atom. The third-order valence-corrected chi connectivity index (χ3v) is 2.79. The average molecular weight is 187 g/mol. The first kappa shape index (κ1) is 11.0. The highest BCUT2D eigenvalue weighted by Gasteiger charge is 2.37. The molecule has 2 N–H and O–H groups in total. The quantitative estimate of drug-likeness (QED) is 0.721. The fourth-order valence-electron chi connectivity index (χ4n) is 2.45. The Bertz CT molecular complexity index is 151. The van der Waals surface area contributed by atoms with Crippen molar-refractivity contribution in [2.45, 2.75) is 38.9 Å². The second kappa shape index (κ2) is 4.40. The molecule has 1 aliphatic rings. The lowest BCUT2D eigenvalue weighted by Crippen LogP contribution is -2.45. The van der Waals surface area contributed by atoms with Crippen molar-refractivity contribution < 1.29 is 9.47 Å². The van der Waals surface area contributed by atoms with Gasteiger partial charge >= 0.3 is 0 Å². The van der Waals surface area contributed by atoms with E-state index in [1.807, 2.05) is 0 Å². The molecule has 3 atom stereocenters. The molecule has 0 aromatic carbocycles. The molecular formula is C10H21NO2. The van der Waals surface area contributed by atoms with Gasteiger partial charge in [0, 0.05) is 19.1 Å². The number of rotatable bonds is 3.